The van der Waals surface area contributed by atoms with E-state index in [1.54, 1.807) is 79.7 Å². The van der Waals surface area contributed by atoms with Crippen molar-refractivity contribution in [3.63, 3.8) is 0 Å². The van der Waals surface area contributed by atoms with Gasteiger partial charge < -0.3 is 37.7 Å². The molecule has 6 aromatic heterocycles. The predicted octanol–water partition coefficient (Wildman–Crippen LogP) is 10.4. The molecule has 0 radical (unpaired) electrons. The van der Waals surface area contributed by atoms with E-state index >= 15 is 0 Å². The van der Waals surface area contributed by atoms with Crippen molar-refractivity contribution in [3.05, 3.63) is 246 Å². The number of fused-ring (bicyclic) bond motifs is 6. The molecule has 3 aromatic carbocycles. The summed E-state index contributed by atoms with van der Waals surface area (Å²) in [4.78, 5) is 63.0. The van der Waals surface area contributed by atoms with Crippen molar-refractivity contribution in [2.75, 3.05) is 117 Å². The maximum absolute atomic E-state index is 13.0. The summed E-state index contributed by atoms with van der Waals surface area (Å²) in [6.07, 6.45) is 26.3. The molecule has 4 aliphatic heterocycles. The van der Waals surface area contributed by atoms with E-state index < -0.39 is 58.2 Å². The maximum Gasteiger partial charge on any atom is 0.410 e. The van der Waals surface area contributed by atoms with Crippen LogP contribution >= 0.6 is 34.8 Å². The molecule has 38 heteroatoms. The highest BCUT2D eigenvalue weighted by atomic mass is 35.5. The fraction of sp³-hybridized carbons (Fsp3) is 0.405. The molecule has 31 nitrogen and oxygen atoms in total. The molecule has 7 aliphatic rings. The summed E-state index contributed by atoms with van der Waals surface area (Å²) in [5.74, 6) is 0. The van der Waals surface area contributed by atoms with E-state index in [1.807, 2.05) is 144 Å². The van der Waals surface area contributed by atoms with E-state index in [0.29, 0.717) is 129 Å². The molecule has 0 saturated carbocycles. The Morgan fingerprint density at radius 3 is 1.07 bits per heavy atom. The highest BCUT2D eigenvalue weighted by Crippen LogP contribution is 2.49. The van der Waals surface area contributed by atoms with Gasteiger partial charge in [0.2, 0.25) is 40.1 Å². The third kappa shape index (κ3) is 21.1. The van der Waals surface area contributed by atoms with Gasteiger partial charge in [-0.3, -0.25) is 29.7 Å². The second-order valence-corrected chi connectivity index (χ2v) is 39.9. The third-order valence-corrected chi connectivity index (χ3v) is 26.3. The summed E-state index contributed by atoms with van der Waals surface area (Å²) >= 11 is 19.7. The third-order valence-electron chi connectivity index (χ3n) is 22.3. The minimum atomic E-state index is -3.62. The van der Waals surface area contributed by atoms with Crippen LogP contribution in [0.15, 0.2) is 147 Å². The summed E-state index contributed by atoms with van der Waals surface area (Å²) in [5.41, 5.74) is 14.6. The molecule has 0 spiro atoms. The number of nitrogens with zero attached hydrogens (tertiary/aromatic N) is 15. The maximum atomic E-state index is 13.0. The number of imidazole rings is 3. The number of amides is 2. The number of sulfonamides is 4. The van der Waals surface area contributed by atoms with Crippen LogP contribution in [0.5, 0.6) is 0 Å². The Labute approximate surface area is 728 Å². The zero-order chi connectivity index (χ0) is 86.0. The number of piperazine rings is 3. The molecule has 4 saturated heterocycles. The summed E-state index contributed by atoms with van der Waals surface area (Å²) in [7, 11) is -8.68. The lowest BCUT2D eigenvalue weighted by Crippen LogP contribution is -2.51. The quantitative estimate of drug-likeness (QED) is 0.0718. The van der Waals surface area contributed by atoms with Gasteiger partial charge in [-0.15, -0.1) is 0 Å². The molecule has 4 fully saturated rings. The SMILES string of the molecule is C.CC(C)OC(=O)N1CCN([C@H]2c3ccc(Cl)cc3C(C(NS(C)(=O)=O)c3cncn3C)=Cc3cccnc32)CC1.Cn1cncc1C(NS(C)(=O)=O)C1=Cc2cccnc2[C@@H](N2CCN(C(=O)OC3CCOCC3)CC2)c2ccc(Cl)cc21.Cn1cncc1C(NS(C)(=O)=O)C1=Cc2cccnc2[C@@H](N2CCN(S(C)(=O)=O)CC2)c2ccc(Cl)cc21. The first kappa shape index (κ1) is 90.6. The van der Waals surface area contributed by atoms with E-state index in [0.717, 1.165) is 110 Å². The number of benzene rings is 3. The predicted molar refractivity (Wildman–Crippen MR) is 471 cm³/mol. The van der Waals surface area contributed by atoms with Crippen molar-refractivity contribution < 1.29 is 57.5 Å². The van der Waals surface area contributed by atoms with Gasteiger partial charge in [-0.05, 0) is 153 Å². The van der Waals surface area contributed by atoms with Gasteiger partial charge in [0.05, 0.1) is 152 Å². The Hall–Kier alpha value is -9.15. The van der Waals surface area contributed by atoms with Crippen LogP contribution in [0, 0.1) is 0 Å². The lowest BCUT2D eigenvalue weighted by molar-refractivity contribution is -0.0155. The van der Waals surface area contributed by atoms with Crippen LogP contribution in [0.4, 0.5) is 9.59 Å². The Balaban J connectivity index is 0.000000157. The van der Waals surface area contributed by atoms with Crippen LogP contribution < -0.4 is 14.2 Å². The lowest BCUT2D eigenvalue weighted by atomic mass is 9.90. The molecule has 6 atom stereocenters. The molecule has 650 valence electrons. The molecule has 10 heterocycles. The van der Waals surface area contributed by atoms with E-state index in [9.17, 15) is 43.3 Å². The normalized spacial score (nSPS) is 19.5. The summed E-state index contributed by atoms with van der Waals surface area (Å²) in [6, 6.07) is 25.6. The van der Waals surface area contributed by atoms with E-state index in [1.165, 1.54) is 10.6 Å². The topological polar surface area (TPSA) is 346 Å². The highest BCUT2D eigenvalue weighted by molar-refractivity contribution is 7.89. The number of hydrogen-bond acceptors (Lipinski definition) is 22. The zero-order valence-electron chi connectivity index (χ0n) is 68.3. The number of aryl methyl sites for hydroxylation is 3. The first-order valence-electron chi connectivity index (χ1n) is 39.5. The number of carbonyl (C=O) groups is 2. The van der Waals surface area contributed by atoms with Crippen molar-refractivity contribution in [1.29, 1.82) is 0 Å². The van der Waals surface area contributed by atoms with Gasteiger partial charge in [-0.1, -0.05) is 78.6 Å². The number of rotatable bonds is 18. The zero-order valence-corrected chi connectivity index (χ0v) is 73.8. The fourth-order valence-electron chi connectivity index (χ4n) is 16.7. The number of nitrogens with one attached hydrogen (secondary N) is 3. The Morgan fingerprint density at radius 1 is 0.459 bits per heavy atom. The lowest BCUT2D eigenvalue weighted by Gasteiger charge is -2.40. The first-order valence-corrected chi connectivity index (χ1v) is 48.1. The minimum absolute atomic E-state index is 0. The molecule has 3 N–H and O–H groups in total. The molecule has 9 aromatic rings. The van der Waals surface area contributed by atoms with Crippen LogP contribution in [-0.2, 0) is 75.4 Å². The Morgan fingerprint density at radius 2 is 0.779 bits per heavy atom. The van der Waals surface area contributed by atoms with Crippen LogP contribution in [0.3, 0.4) is 0 Å². The molecule has 16 rings (SSSR count). The van der Waals surface area contributed by atoms with Crippen LogP contribution in [0.2, 0.25) is 15.1 Å². The van der Waals surface area contributed by atoms with Crippen molar-refractivity contribution in [3.8, 4) is 0 Å². The van der Waals surface area contributed by atoms with E-state index in [-0.39, 0.29) is 49.9 Å². The van der Waals surface area contributed by atoms with Crippen molar-refractivity contribution in [2.45, 2.75) is 82.6 Å². The van der Waals surface area contributed by atoms with Crippen LogP contribution in [0.1, 0.15) is 155 Å². The molecule has 2 amide bonds. The monoisotopic (exact) mass is 1800 g/mol. The van der Waals surface area contributed by atoms with Gasteiger partial charge in [-0.25, -0.2) is 72.4 Å². The van der Waals surface area contributed by atoms with Gasteiger partial charge >= 0.3 is 12.2 Å². The van der Waals surface area contributed by atoms with E-state index in [2.05, 4.69) is 43.8 Å². The number of aromatic nitrogens is 9. The Kier molecular flexibility index (Phi) is 28.3. The van der Waals surface area contributed by atoms with Crippen LogP contribution in [-0.4, -0.2) is 247 Å². The van der Waals surface area contributed by atoms with Crippen molar-refractivity contribution in [1.82, 2.24) is 86.6 Å². The molecule has 122 heavy (non-hydrogen) atoms. The molecule has 3 unspecified atom stereocenters. The largest absolute Gasteiger partial charge is 0.447 e. The summed E-state index contributed by atoms with van der Waals surface area (Å²) in [6.45, 7) is 11.1. The van der Waals surface area contributed by atoms with Crippen molar-refractivity contribution >= 4 is 122 Å². The van der Waals surface area contributed by atoms with E-state index in [4.69, 9.17) is 64.0 Å². The van der Waals surface area contributed by atoms with Crippen LogP contribution in [0.25, 0.3) is 34.9 Å². The molecule has 0 bridgehead atoms. The fourth-order valence-corrected chi connectivity index (χ4v) is 20.1. The molecule has 3 aliphatic carbocycles. The average molecular weight is 1810 g/mol. The number of hydrogen-bond donors (Lipinski definition) is 3. The minimum Gasteiger partial charge on any atom is -0.447 e. The van der Waals surface area contributed by atoms with Gasteiger partial charge in [0.1, 0.15) is 6.10 Å². The smallest absolute Gasteiger partial charge is 0.410 e. The average Bonchev–Trinajstić information content (AvgIpc) is 1.57. The summed E-state index contributed by atoms with van der Waals surface area (Å²) in [5, 5.41) is 1.58. The molecular weight excluding hydrogens is 1700 g/mol. The highest BCUT2D eigenvalue weighted by Gasteiger charge is 2.42. The number of halogens is 3. The first-order chi connectivity index (χ1) is 57.6. The standard InChI is InChI=1S/C30H35ClN6O5S.C28H33ClN6O4S.C25H29ClN6O4S2.CH4/c1-35-19-32-18-26(35)28(34-43(2,39)40)25-16-20-4-3-9-33-27(20)29(23-6-5-21(31)17-24(23)25)36-10-12-37(13-11-36)30(38)42-22-7-14-41-15-8-22;1-18(2)39-28(36)35-12-10-34(11-13-35)27-21-8-7-20(29)15-22(21)23(14-19-6-5-9-31-25(19)27)26(32-40(4,37)38)24-16-30-17-33(24)3;1-30-16-27-15-22(30)24(29-37(2,33)34)21-13-17-5-4-8-28-23(17)25(19-7-6-18(26)14-20(19)21)31-9-11-32(12-10-31)38(3,35)36;/h3-6,9,16-19,22,28-29,34H,7-8,10-15H2,1-2H3;5-9,14-18,26-27,32H,10-13H2,1-4H3;4-8,13-16,24-25,29H,9-12H2,1-3H3;1H4/t28?,29-;26?,27-;24?,25-;/m000./s1. The van der Waals surface area contributed by atoms with Crippen molar-refractivity contribution in [2.24, 2.45) is 21.1 Å². The van der Waals surface area contributed by atoms with Gasteiger partial charge in [0, 0.05) is 146 Å². The molecular formula is C84H101Cl3N18O13S4. The number of pyridine rings is 3. The van der Waals surface area contributed by atoms with Gasteiger partial charge in [0.25, 0.3) is 0 Å². The number of ether oxygens (including phenoxy) is 3. The second-order valence-electron chi connectivity index (χ2n) is 31.3. The van der Waals surface area contributed by atoms with Gasteiger partial charge in [0.15, 0.2) is 0 Å². The second kappa shape index (κ2) is 38.1. The number of carbonyl (C=O) groups excluding carboxylic acids is 2. The van der Waals surface area contributed by atoms with Gasteiger partial charge in [-0.2, -0.15) is 4.31 Å². The summed E-state index contributed by atoms with van der Waals surface area (Å²) < 4.78 is 132. The Bertz CT molecular complexity index is 5920.